The van der Waals surface area contributed by atoms with Gasteiger partial charge >= 0.3 is 0 Å². The summed E-state index contributed by atoms with van der Waals surface area (Å²) in [4.78, 5) is 0. The molecule has 0 saturated heterocycles. The number of nitrogens with zero attached hydrogens (tertiary/aromatic N) is 3. The van der Waals surface area contributed by atoms with Crippen molar-refractivity contribution < 1.29 is 13.7 Å². The SMILES string of the molecule is C/C(O)=C(\S/C=C/Nc1nsnc1NCc1ccco1)S(=O)N(C)C. The molecule has 25 heavy (non-hydrogen) atoms. The molecule has 2 aromatic rings. The molecule has 0 saturated carbocycles. The van der Waals surface area contributed by atoms with Crippen LogP contribution in [0, 0.1) is 0 Å². The van der Waals surface area contributed by atoms with Crippen molar-refractivity contribution >= 4 is 46.1 Å². The van der Waals surface area contributed by atoms with E-state index in [2.05, 4.69) is 19.4 Å². The Morgan fingerprint density at radius 1 is 1.48 bits per heavy atom. The van der Waals surface area contributed by atoms with Crippen LogP contribution in [-0.4, -0.2) is 36.5 Å². The molecule has 0 aliphatic carbocycles. The van der Waals surface area contributed by atoms with E-state index in [1.165, 1.54) is 23.0 Å². The van der Waals surface area contributed by atoms with Crippen LogP contribution in [0.4, 0.5) is 11.6 Å². The van der Waals surface area contributed by atoms with Gasteiger partial charge < -0.3 is 20.2 Å². The zero-order valence-electron chi connectivity index (χ0n) is 13.9. The van der Waals surface area contributed by atoms with Gasteiger partial charge in [0.05, 0.1) is 24.5 Å². The zero-order valence-corrected chi connectivity index (χ0v) is 16.4. The monoisotopic (exact) mass is 401 g/mol. The van der Waals surface area contributed by atoms with E-state index < -0.39 is 11.0 Å². The molecule has 2 aromatic heterocycles. The lowest BCUT2D eigenvalue weighted by atomic mass is 10.4. The van der Waals surface area contributed by atoms with E-state index in [4.69, 9.17) is 4.42 Å². The van der Waals surface area contributed by atoms with Gasteiger partial charge in [0.1, 0.15) is 26.7 Å². The van der Waals surface area contributed by atoms with Crippen LogP contribution in [0.3, 0.4) is 0 Å². The second-order valence-corrected chi connectivity index (χ2v) is 8.23. The summed E-state index contributed by atoms with van der Waals surface area (Å²) in [5, 5.41) is 17.5. The molecular formula is C14H19N5O3S3. The maximum Gasteiger partial charge on any atom is 0.188 e. The first-order valence-electron chi connectivity index (χ1n) is 7.15. The van der Waals surface area contributed by atoms with E-state index in [1.807, 2.05) is 12.1 Å². The van der Waals surface area contributed by atoms with Crippen molar-refractivity contribution in [1.82, 2.24) is 13.1 Å². The molecule has 0 bridgehead atoms. The highest BCUT2D eigenvalue weighted by Gasteiger charge is 2.13. The van der Waals surface area contributed by atoms with Gasteiger partial charge in [0.25, 0.3) is 0 Å². The summed E-state index contributed by atoms with van der Waals surface area (Å²) in [6.07, 6.45) is 3.26. The Bertz CT molecular complexity index is 752. The number of aliphatic hydroxyl groups is 1. The van der Waals surface area contributed by atoms with Gasteiger partial charge in [-0.05, 0) is 38.6 Å². The lowest BCUT2D eigenvalue weighted by molar-refractivity contribution is 0.414. The van der Waals surface area contributed by atoms with Crippen molar-refractivity contribution in [2.75, 3.05) is 24.7 Å². The first-order valence-corrected chi connectivity index (χ1v) is 9.86. The van der Waals surface area contributed by atoms with Crippen LogP contribution >= 0.6 is 23.5 Å². The van der Waals surface area contributed by atoms with Crippen molar-refractivity contribution in [3.8, 4) is 0 Å². The highest BCUT2D eigenvalue weighted by molar-refractivity contribution is 8.17. The summed E-state index contributed by atoms with van der Waals surface area (Å²) in [6.45, 7) is 2.01. The Morgan fingerprint density at radius 2 is 2.24 bits per heavy atom. The van der Waals surface area contributed by atoms with Crippen LogP contribution in [0.2, 0.25) is 0 Å². The molecule has 0 amide bonds. The van der Waals surface area contributed by atoms with Gasteiger partial charge in [0, 0.05) is 6.20 Å². The predicted molar refractivity (Wildman–Crippen MR) is 103 cm³/mol. The molecule has 2 rings (SSSR count). The Balaban J connectivity index is 1.91. The second kappa shape index (κ2) is 9.61. The van der Waals surface area contributed by atoms with Crippen LogP contribution in [0.15, 0.2) is 44.4 Å². The fourth-order valence-corrected chi connectivity index (χ4v) is 4.06. The van der Waals surface area contributed by atoms with Crippen LogP contribution in [0.1, 0.15) is 12.7 Å². The van der Waals surface area contributed by atoms with Gasteiger partial charge in [0.15, 0.2) is 11.6 Å². The third kappa shape index (κ3) is 5.88. The summed E-state index contributed by atoms with van der Waals surface area (Å²) >= 11 is 2.25. The molecule has 0 spiro atoms. The van der Waals surface area contributed by atoms with Crippen LogP contribution in [-0.2, 0) is 17.5 Å². The highest BCUT2D eigenvalue weighted by Crippen LogP contribution is 2.25. The molecule has 0 aromatic carbocycles. The first kappa shape index (κ1) is 19.5. The number of hydrogen-bond donors (Lipinski definition) is 3. The minimum absolute atomic E-state index is 0.0258. The number of allylic oxidation sites excluding steroid dienone is 1. The summed E-state index contributed by atoms with van der Waals surface area (Å²) < 4.78 is 27.6. The molecular weight excluding hydrogens is 382 g/mol. The molecule has 2 heterocycles. The van der Waals surface area contributed by atoms with Crippen molar-refractivity contribution in [3.05, 3.63) is 45.8 Å². The van der Waals surface area contributed by atoms with Gasteiger partial charge in [0.2, 0.25) is 0 Å². The third-order valence-corrected chi connectivity index (χ3v) is 6.05. The van der Waals surface area contributed by atoms with E-state index in [9.17, 15) is 9.32 Å². The smallest absolute Gasteiger partial charge is 0.188 e. The van der Waals surface area contributed by atoms with Crippen molar-refractivity contribution in [2.24, 2.45) is 0 Å². The summed E-state index contributed by atoms with van der Waals surface area (Å²) in [5.41, 5.74) is 0. The Hall–Kier alpha value is -1.82. The van der Waals surface area contributed by atoms with E-state index in [0.29, 0.717) is 22.4 Å². The number of aliphatic hydroxyl groups excluding tert-OH is 1. The first-order chi connectivity index (χ1) is 12.0. The average molecular weight is 402 g/mol. The molecule has 1 unspecified atom stereocenters. The fraction of sp³-hybridized carbons (Fsp3) is 0.286. The average Bonchev–Trinajstić information content (AvgIpc) is 3.23. The van der Waals surface area contributed by atoms with E-state index >= 15 is 0 Å². The lowest BCUT2D eigenvalue weighted by Crippen LogP contribution is -2.16. The number of thioether (sulfide) groups is 1. The summed E-state index contributed by atoms with van der Waals surface area (Å²) in [6, 6.07) is 3.69. The summed E-state index contributed by atoms with van der Waals surface area (Å²) in [5.74, 6) is 2.01. The van der Waals surface area contributed by atoms with E-state index in [0.717, 1.165) is 17.5 Å². The third-order valence-electron chi connectivity index (χ3n) is 2.75. The Labute approximate surface area is 156 Å². The lowest BCUT2D eigenvalue weighted by Gasteiger charge is -2.11. The maximum atomic E-state index is 12.1. The molecule has 11 heteroatoms. The second-order valence-electron chi connectivity index (χ2n) is 4.89. The van der Waals surface area contributed by atoms with Gasteiger partial charge in [-0.3, -0.25) is 0 Å². The number of nitrogens with one attached hydrogen (secondary N) is 2. The zero-order chi connectivity index (χ0) is 18.2. The van der Waals surface area contributed by atoms with Crippen LogP contribution in [0.5, 0.6) is 0 Å². The maximum absolute atomic E-state index is 12.1. The van der Waals surface area contributed by atoms with Gasteiger partial charge in [-0.15, -0.1) is 0 Å². The molecule has 0 aliphatic heterocycles. The Morgan fingerprint density at radius 3 is 2.88 bits per heavy atom. The number of aromatic nitrogens is 2. The molecule has 8 nitrogen and oxygen atoms in total. The van der Waals surface area contributed by atoms with Crippen molar-refractivity contribution in [2.45, 2.75) is 13.5 Å². The minimum atomic E-state index is -1.41. The number of rotatable bonds is 9. The van der Waals surface area contributed by atoms with Gasteiger partial charge in [-0.25, -0.2) is 8.51 Å². The molecule has 0 fully saturated rings. The minimum Gasteiger partial charge on any atom is -0.511 e. The fourth-order valence-electron chi connectivity index (χ4n) is 1.61. The number of anilines is 2. The van der Waals surface area contributed by atoms with Crippen LogP contribution in [0.25, 0.3) is 0 Å². The quantitative estimate of drug-likeness (QED) is 0.550. The normalized spacial score (nSPS) is 13.9. The van der Waals surface area contributed by atoms with E-state index in [-0.39, 0.29) is 5.76 Å². The topological polar surface area (TPSA) is 104 Å². The summed E-state index contributed by atoms with van der Waals surface area (Å²) in [7, 11) is 1.95. The molecule has 0 aliphatic rings. The van der Waals surface area contributed by atoms with Crippen molar-refractivity contribution in [1.29, 1.82) is 0 Å². The van der Waals surface area contributed by atoms with Crippen LogP contribution < -0.4 is 10.6 Å². The van der Waals surface area contributed by atoms with Gasteiger partial charge in [-0.1, -0.05) is 11.8 Å². The predicted octanol–water partition coefficient (Wildman–Crippen LogP) is 3.33. The standard InChI is InChI=1S/C14H19N5O3S3/c1-10(20)14(25(21)19(2)3)23-8-6-15-12-13(18-24-17-12)16-9-11-5-4-7-22-11/h4-8,20H,9H2,1-3H3,(H,15,17)(H,16,18)/b8-6+,14-10-. The van der Waals surface area contributed by atoms with Gasteiger partial charge in [-0.2, -0.15) is 8.75 Å². The molecule has 3 N–H and O–H groups in total. The molecule has 1 atom stereocenters. The largest absolute Gasteiger partial charge is 0.511 e. The van der Waals surface area contributed by atoms with E-state index in [1.54, 1.807) is 32.0 Å². The number of hydrogen-bond acceptors (Lipinski definition) is 9. The van der Waals surface area contributed by atoms with Crippen molar-refractivity contribution in [3.63, 3.8) is 0 Å². The number of furan rings is 1. The highest BCUT2D eigenvalue weighted by atomic mass is 32.2. The molecule has 136 valence electrons. The Kier molecular flexibility index (Phi) is 7.50. The molecule has 0 radical (unpaired) electrons.